The van der Waals surface area contributed by atoms with Crippen molar-refractivity contribution in [3.05, 3.63) is 59.7 Å². The van der Waals surface area contributed by atoms with Crippen molar-refractivity contribution in [1.29, 1.82) is 0 Å². The van der Waals surface area contributed by atoms with Gasteiger partial charge in [0.25, 0.3) is 0 Å². The lowest BCUT2D eigenvalue weighted by Crippen LogP contribution is -2.33. The normalized spacial score (nSPS) is 11.0. The second kappa shape index (κ2) is 6.62. The van der Waals surface area contributed by atoms with Crippen LogP contribution in [0.4, 0.5) is 10.5 Å². The van der Waals surface area contributed by atoms with Crippen LogP contribution in [0.2, 0.25) is 0 Å². The highest BCUT2D eigenvalue weighted by Crippen LogP contribution is 2.12. The summed E-state index contributed by atoms with van der Waals surface area (Å²) in [5, 5.41) is 4.95. The molecule has 0 aliphatic heterocycles. The van der Waals surface area contributed by atoms with Crippen molar-refractivity contribution >= 4 is 21.6 Å². The largest absolute Gasteiger partial charge is 0.323 e. The first-order chi connectivity index (χ1) is 10.4. The lowest BCUT2D eigenvalue weighted by atomic mass is 10.2. The number of rotatable bonds is 4. The van der Waals surface area contributed by atoms with Crippen LogP contribution in [-0.4, -0.2) is 20.3 Å². The molecular weight excluding hydrogens is 300 g/mol. The Morgan fingerprint density at radius 1 is 0.909 bits per heavy atom. The van der Waals surface area contributed by atoms with E-state index < -0.39 is 21.7 Å². The third-order valence-corrected chi connectivity index (χ3v) is 4.63. The van der Waals surface area contributed by atoms with Gasteiger partial charge >= 0.3 is 6.03 Å². The molecule has 0 radical (unpaired) electrons. The summed E-state index contributed by atoms with van der Waals surface area (Å²) in [7, 11) is -3.54. The fraction of sp³-hybridized carbons (Fsp3) is 0.188. The van der Waals surface area contributed by atoms with Crippen molar-refractivity contribution in [2.24, 2.45) is 0 Å². The van der Waals surface area contributed by atoms with E-state index in [1.165, 1.54) is 12.1 Å². The Balaban J connectivity index is 1.95. The van der Waals surface area contributed by atoms with Crippen molar-refractivity contribution in [2.75, 3.05) is 11.2 Å². The first kappa shape index (κ1) is 16.0. The van der Waals surface area contributed by atoms with E-state index in [0.717, 1.165) is 11.1 Å². The van der Waals surface area contributed by atoms with Crippen LogP contribution < -0.4 is 10.6 Å². The van der Waals surface area contributed by atoms with Gasteiger partial charge in [0, 0.05) is 5.69 Å². The van der Waals surface area contributed by atoms with Crippen molar-refractivity contribution < 1.29 is 13.2 Å². The molecule has 0 bridgehead atoms. The average Bonchev–Trinajstić information content (AvgIpc) is 2.48. The quantitative estimate of drug-likeness (QED) is 0.910. The summed E-state index contributed by atoms with van der Waals surface area (Å²) in [6, 6.07) is 13.2. The topological polar surface area (TPSA) is 75.3 Å². The molecule has 0 unspecified atom stereocenters. The number of aryl methyl sites for hydroxylation is 2. The second-order valence-corrected chi connectivity index (χ2v) is 7.06. The molecule has 2 amide bonds. The Hall–Kier alpha value is -2.34. The number of hydrogen-bond donors (Lipinski definition) is 2. The minimum Gasteiger partial charge on any atom is -0.323 e. The molecule has 2 rings (SSSR count). The van der Waals surface area contributed by atoms with Gasteiger partial charge in [-0.05, 0) is 38.1 Å². The maximum Gasteiger partial charge on any atom is 0.320 e. The molecule has 0 aliphatic carbocycles. The Bertz CT molecular complexity index is 751. The van der Waals surface area contributed by atoms with Crippen LogP contribution in [0.1, 0.15) is 11.1 Å². The Kier molecular flexibility index (Phi) is 4.82. The summed E-state index contributed by atoms with van der Waals surface area (Å²) in [5.74, 6) is -0.451. The molecular formula is C16H18N2O3S. The van der Waals surface area contributed by atoms with Crippen molar-refractivity contribution in [3.63, 3.8) is 0 Å². The predicted octanol–water partition coefficient (Wildman–Crippen LogP) is 2.86. The number of carbonyl (C=O) groups excluding carboxylic acids is 1. The van der Waals surface area contributed by atoms with E-state index in [0.29, 0.717) is 5.69 Å². The van der Waals surface area contributed by atoms with Gasteiger partial charge in [0.2, 0.25) is 0 Å². The minimum absolute atomic E-state index is 0.189. The lowest BCUT2D eigenvalue weighted by Gasteiger charge is -2.09. The van der Waals surface area contributed by atoms with E-state index >= 15 is 0 Å². The maximum absolute atomic E-state index is 12.1. The molecule has 2 N–H and O–H groups in total. The summed E-state index contributed by atoms with van der Waals surface area (Å²) in [4.78, 5) is 11.9. The summed E-state index contributed by atoms with van der Waals surface area (Å²) in [5.41, 5.74) is 2.66. The van der Waals surface area contributed by atoms with Crippen LogP contribution in [0.3, 0.4) is 0 Å². The number of urea groups is 1. The molecule has 0 saturated carbocycles. The molecule has 6 heteroatoms. The van der Waals surface area contributed by atoms with Gasteiger partial charge in [-0.2, -0.15) is 0 Å². The molecule has 22 heavy (non-hydrogen) atoms. The number of carbonyl (C=O) groups is 1. The fourth-order valence-corrected chi connectivity index (χ4v) is 2.84. The van der Waals surface area contributed by atoms with Crippen LogP contribution in [0.15, 0.2) is 53.4 Å². The van der Waals surface area contributed by atoms with Gasteiger partial charge in [0.05, 0.1) is 4.90 Å². The zero-order valence-corrected chi connectivity index (χ0v) is 13.3. The first-order valence-electron chi connectivity index (χ1n) is 6.78. The smallest absolute Gasteiger partial charge is 0.320 e. The number of anilines is 1. The van der Waals surface area contributed by atoms with Crippen LogP contribution >= 0.6 is 0 Å². The number of hydrogen-bond acceptors (Lipinski definition) is 3. The van der Waals surface area contributed by atoms with Gasteiger partial charge in [-0.3, -0.25) is 0 Å². The van der Waals surface area contributed by atoms with Crippen molar-refractivity contribution in [1.82, 2.24) is 5.32 Å². The monoisotopic (exact) mass is 318 g/mol. The third-order valence-electron chi connectivity index (χ3n) is 3.11. The van der Waals surface area contributed by atoms with E-state index in [1.54, 1.807) is 24.3 Å². The predicted molar refractivity (Wildman–Crippen MR) is 86.6 cm³/mol. The molecule has 0 atom stereocenters. The van der Waals surface area contributed by atoms with Gasteiger partial charge in [0.1, 0.15) is 5.88 Å². The highest BCUT2D eigenvalue weighted by Gasteiger charge is 2.15. The fourth-order valence-electron chi connectivity index (χ4n) is 1.80. The van der Waals surface area contributed by atoms with E-state index in [2.05, 4.69) is 10.6 Å². The summed E-state index contributed by atoms with van der Waals surface area (Å²) < 4.78 is 24.2. The molecule has 2 aromatic rings. The van der Waals surface area contributed by atoms with Crippen LogP contribution in [0.5, 0.6) is 0 Å². The van der Waals surface area contributed by atoms with Crippen molar-refractivity contribution in [3.8, 4) is 0 Å². The number of benzene rings is 2. The number of nitrogens with one attached hydrogen (secondary N) is 2. The second-order valence-electron chi connectivity index (χ2n) is 5.07. The molecule has 0 aromatic heterocycles. The maximum atomic E-state index is 12.1. The molecule has 2 aromatic carbocycles. The van der Waals surface area contributed by atoms with Crippen molar-refractivity contribution in [2.45, 2.75) is 18.7 Å². The molecule has 5 nitrogen and oxygen atoms in total. The van der Waals surface area contributed by atoms with E-state index in [1.807, 2.05) is 26.0 Å². The SMILES string of the molecule is Cc1ccc(NC(=O)NCS(=O)(=O)c2ccc(C)cc2)cc1. The Morgan fingerprint density at radius 3 is 1.95 bits per heavy atom. The van der Waals surface area contributed by atoms with Gasteiger partial charge < -0.3 is 10.6 Å². The number of amides is 2. The lowest BCUT2D eigenvalue weighted by molar-refractivity contribution is 0.253. The van der Waals surface area contributed by atoms with E-state index in [4.69, 9.17) is 0 Å². The minimum atomic E-state index is -3.54. The van der Waals surface area contributed by atoms with Gasteiger partial charge in [-0.1, -0.05) is 35.4 Å². The summed E-state index contributed by atoms with van der Waals surface area (Å²) in [6.07, 6.45) is 0. The van der Waals surface area contributed by atoms with Crippen LogP contribution in [0.25, 0.3) is 0 Å². The first-order valence-corrected chi connectivity index (χ1v) is 8.43. The molecule has 116 valence electrons. The highest BCUT2D eigenvalue weighted by molar-refractivity contribution is 7.91. The van der Waals surface area contributed by atoms with Crippen LogP contribution in [-0.2, 0) is 9.84 Å². The summed E-state index contributed by atoms with van der Waals surface area (Å²) >= 11 is 0. The Morgan fingerprint density at radius 2 is 1.41 bits per heavy atom. The van der Waals surface area contributed by atoms with Gasteiger partial charge in [-0.25, -0.2) is 13.2 Å². The molecule has 0 saturated heterocycles. The number of sulfone groups is 1. The summed E-state index contributed by atoms with van der Waals surface area (Å²) in [6.45, 7) is 3.82. The standard InChI is InChI=1S/C16H18N2O3S/c1-12-3-7-14(8-4-12)18-16(19)17-11-22(20,21)15-9-5-13(2)6-10-15/h3-10H,11H2,1-2H3,(H2,17,18,19). The van der Waals surface area contributed by atoms with E-state index in [-0.39, 0.29) is 4.90 Å². The average molecular weight is 318 g/mol. The molecule has 0 aliphatic rings. The van der Waals surface area contributed by atoms with Crippen LogP contribution in [0, 0.1) is 13.8 Å². The van der Waals surface area contributed by atoms with Gasteiger partial charge in [-0.15, -0.1) is 0 Å². The molecule has 0 fully saturated rings. The third kappa shape index (κ3) is 4.33. The van der Waals surface area contributed by atoms with Gasteiger partial charge in [0.15, 0.2) is 9.84 Å². The molecule has 0 spiro atoms. The van der Waals surface area contributed by atoms with E-state index in [9.17, 15) is 13.2 Å². The zero-order valence-electron chi connectivity index (χ0n) is 12.5. The Labute approximate surface area is 130 Å². The molecule has 0 heterocycles. The zero-order chi connectivity index (χ0) is 16.2. The highest BCUT2D eigenvalue weighted by atomic mass is 32.2.